The molecule has 2 amide bonds. The van der Waals surface area contributed by atoms with E-state index in [0.29, 0.717) is 17.0 Å². The zero-order chi connectivity index (χ0) is 15.2. The first-order valence-electron chi connectivity index (χ1n) is 6.18. The van der Waals surface area contributed by atoms with Crippen LogP contribution in [0.4, 0.5) is 5.69 Å². The van der Waals surface area contributed by atoms with Crippen LogP contribution < -0.4 is 21.3 Å². The molecule has 0 aliphatic heterocycles. The van der Waals surface area contributed by atoms with Crippen LogP contribution in [-0.4, -0.2) is 11.8 Å². The molecule has 0 saturated heterocycles. The summed E-state index contributed by atoms with van der Waals surface area (Å²) in [5.41, 5.74) is 3.20. The van der Waals surface area contributed by atoms with Crippen LogP contribution in [0, 0.1) is 0 Å². The van der Waals surface area contributed by atoms with E-state index in [1.54, 1.807) is 30.3 Å². The number of amides is 2. The van der Waals surface area contributed by atoms with Gasteiger partial charge in [-0.05, 0) is 18.2 Å². The molecule has 110 valence electrons. The average Bonchev–Trinajstić information content (AvgIpc) is 2.92. The summed E-state index contributed by atoms with van der Waals surface area (Å²) in [6.45, 7) is 1.57. The Labute approximate surface area is 121 Å². The lowest BCUT2D eigenvalue weighted by Crippen LogP contribution is -2.30. The minimum atomic E-state index is -0.523. The topological polar surface area (TPSA) is 107 Å². The third kappa shape index (κ3) is 3.83. The Bertz CT molecular complexity index is 651. The van der Waals surface area contributed by atoms with Crippen LogP contribution >= 0.6 is 0 Å². The molecule has 0 fully saturated rings. The molecule has 21 heavy (non-hydrogen) atoms. The van der Waals surface area contributed by atoms with Crippen molar-refractivity contribution in [1.82, 2.24) is 5.43 Å². The van der Waals surface area contributed by atoms with E-state index in [2.05, 4.69) is 5.32 Å². The van der Waals surface area contributed by atoms with Gasteiger partial charge in [0.05, 0.1) is 6.26 Å². The fourth-order valence-electron chi connectivity index (χ4n) is 1.74. The zero-order valence-electron chi connectivity index (χ0n) is 11.4. The predicted molar refractivity (Wildman–Crippen MR) is 75.4 cm³/mol. The van der Waals surface area contributed by atoms with Gasteiger partial charge in [-0.1, -0.05) is 6.07 Å². The molecule has 2 rings (SSSR count). The Morgan fingerprint density at radius 1 is 1.33 bits per heavy atom. The summed E-state index contributed by atoms with van der Waals surface area (Å²) < 4.78 is 10.6. The normalized spacial score (nSPS) is 10.0. The lowest BCUT2D eigenvalue weighted by molar-refractivity contribution is -0.114. The molecule has 7 nitrogen and oxygen atoms in total. The largest absolute Gasteiger partial charge is 0.489 e. The first-order valence-corrected chi connectivity index (χ1v) is 6.18. The number of nitrogen functional groups attached to an aromatic ring is 1. The molecule has 2 aromatic rings. The molecule has 1 aromatic carbocycles. The first kappa shape index (κ1) is 14.6. The van der Waals surface area contributed by atoms with Crippen LogP contribution in [0.5, 0.6) is 5.75 Å². The molecular formula is C14H15N3O4. The molecule has 1 heterocycles. The van der Waals surface area contributed by atoms with Crippen molar-refractivity contribution < 1.29 is 18.7 Å². The zero-order valence-corrected chi connectivity index (χ0v) is 11.4. The van der Waals surface area contributed by atoms with E-state index in [0.717, 1.165) is 0 Å². The molecule has 0 unspecified atom stereocenters. The van der Waals surface area contributed by atoms with E-state index < -0.39 is 5.91 Å². The van der Waals surface area contributed by atoms with Crippen molar-refractivity contribution in [3.63, 3.8) is 0 Å². The molecular weight excluding hydrogens is 274 g/mol. The number of nitrogens with one attached hydrogen (secondary N) is 2. The molecule has 0 spiro atoms. The van der Waals surface area contributed by atoms with Crippen LogP contribution in [0.2, 0.25) is 0 Å². The maximum Gasteiger partial charge on any atom is 0.301 e. The smallest absolute Gasteiger partial charge is 0.301 e. The average molecular weight is 289 g/mol. The van der Waals surface area contributed by atoms with Gasteiger partial charge < -0.3 is 14.5 Å². The van der Waals surface area contributed by atoms with E-state index in [9.17, 15) is 9.59 Å². The van der Waals surface area contributed by atoms with Crippen molar-refractivity contribution in [1.29, 1.82) is 0 Å². The third-order valence-electron chi connectivity index (χ3n) is 2.63. The summed E-state index contributed by atoms with van der Waals surface area (Å²) >= 11 is 0. The second kappa shape index (κ2) is 6.58. The predicted octanol–water partition coefficient (Wildman–Crippen LogP) is 1.42. The van der Waals surface area contributed by atoms with Gasteiger partial charge in [0.25, 0.3) is 0 Å². The number of carbonyl (C=O) groups excluding carboxylic acids is 2. The molecule has 4 N–H and O–H groups in total. The van der Waals surface area contributed by atoms with Gasteiger partial charge in [0.15, 0.2) is 5.76 Å². The second-order valence-electron chi connectivity index (χ2n) is 4.25. The quantitative estimate of drug-likeness (QED) is 0.438. The Morgan fingerprint density at radius 3 is 2.86 bits per heavy atom. The molecule has 0 aliphatic carbocycles. The summed E-state index contributed by atoms with van der Waals surface area (Å²) in [6.07, 6.45) is 1.39. The van der Waals surface area contributed by atoms with Crippen molar-refractivity contribution in [2.45, 2.75) is 13.5 Å². The summed E-state index contributed by atoms with van der Waals surface area (Å²) in [4.78, 5) is 22.5. The number of hydrogen-bond donors (Lipinski definition) is 3. The molecule has 7 heteroatoms. The van der Waals surface area contributed by atoms with E-state index in [-0.39, 0.29) is 18.3 Å². The fraction of sp³-hybridized carbons (Fsp3) is 0.143. The number of furan rings is 1. The minimum absolute atomic E-state index is 0.107. The fourth-order valence-corrected chi connectivity index (χ4v) is 1.74. The van der Waals surface area contributed by atoms with E-state index in [1.165, 1.54) is 13.2 Å². The lowest BCUT2D eigenvalue weighted by atomic mass is 10.2. The standard InChI is InChI=1S/C14H15N3O4/c1-9(18)16-11-3-2-4-12(7-11)21-8-10-5-6-20-13(10)14(19)17-15/h2-7H,8,15H2,1H3,(H,16,18)(H,17,19). The molecule has 0 atom stereocenters. The van der Waals surface area contributed by atoms with Crippen LogP contribution in [-0.2, 0) is 11.4 Å². The van der Waals surface area contributed by atoms with Gasteiger partial charge in [0, 0.05) is 24.2 Å². The maximum absolute atomic E-state index is 11.4. The number of benzene rings is 1. The second-order valence-corrected chi connectivity index (χ2v) is 4.25. The molecule has 0 aliphatic rings. The highest BCUT2D eigenvalue weighted by molar-refractivity contribution is 5.92. The van der Waals surface area contributed by atoms with E-state index in [1.807, 2.05) is 5.43 Å². The molecule has 0 saturated carbocycles. The summed E-state index contributed by atoms with van der Waals surface area (Å²) in [6, 6.07) is 8.56. The Balaban J connectivity index is 2.05. The molecule has 0 radical (unpaired) electrons. The molecule has 1 aromatic heterocycles. The van der Waals surface area contributed by atoms with Crippen LogP contribution in [0.25, 0.3) is 0 Å². The number of hydrazine groups is 1. The third-order valence-corrected chi connectivity index (χ3v) is 2.63. The summed E-state index contributed by atoms with van der Waals surface area (Å²) in [7, 11) is 0. The van der Waals surface area contributed by atoms with Crippen LogP contribution in [0.15, 0.2) is 41.0 Å². The van der Waals surface area contributed by atoms with Crippen LogP contribution in [0.3, 0.4) is 0 Å². The highest BCUT2D eigenvalue weighted by Crippen LogP contribution is 2.20. The van der Waals surface area contributed by atoms with Gasteiger partial charge in [0.2, 0.25) is 5.91 Å². The van der Waals surface area contributed by atoms with E-state index >= 15 is 0 Å². The van der Waals surface area contributed by atoms with Crippen molar-refractivity contribution >= 4 is 17.5 Å². The minimum Gasteiger partial charge on any atom is -0.489 e. The summed E-state index contributed by atoms with van der Waals surface area (Å²) in [5.74, 6) is 5.04. The van der Waals surface area contributed by atoms with Crippen molar-refractivity contribution in [2.24, 2.45) is 5.84 Å². The summed E-state index contributed by atoms with van der Waals surface area (Å²) in [5, 5.41) is 2.66. The van der Waals surface area contributed by atoms with Crippen molar-refractivity contribution in [3.8, 4) is 5.75 Å². The monoisotopic (exact) mass is 289 g/mol. The van der Waals surface area contributed by atoms with Gasteiger partial charge in [0.1, 0.15) is 12.4 Å². The van der Waals surface area contributed by atoms with Gasteiger partial charge in [-0.25, -0.2) is 5.84 Å². The Hall–Kier alpha value is -2.80. The van der Waals surface area contributed by atoms with Crippen molar-refractivity contribution in [2.75, 3.05) is 5.32 Å². The number of rotatable bonds is 5. The highest BCUT2D eigenvalue weighted by Gasteiger charge is 2.14. The number of anilines is 1. The molecule has 0 bridgehead atoms. The lowest BCUT2D eigenvalue weighted by Gasteiger charge is -2.08. The first-order chi connectivity index (χ1) is 10.1. The van der Waals surface area contributed by atoms with Gasteiger partial charge >= 0.3 is 5.91 Å². The van der Waals surface area contributed by atoms with Crippen molar-refractivity contribution in [3.05, 3.63) is 47.9 Å². The maximum atomic E-state index is 11.4. The van der Waals surface area contributed by atoms with Gasteiger partial charge in [-0.15, -0.1) is 0 Å². The number of ether oxygens (including phenoxy) is 1. The SMILES string of the molecule is CC(=O)Nc1cccc(OCc2ccoc2C(=O)NN)c1. The van der Waals surface area contributed by atoms with Crippen LogP contribution in [0.1, 0.15) is 23.0 Å². The highest BCUT2D eigenvalue weighted by atomic mass is 16.5. The number of hydrogen-bond acceptors (Lipinski definition) is 5. The van der Waals surface area contributed by atoms with Gasteiger partial charge in [-0.2, -0.15) is 0 Å². The number of nitrogens with two attached hydrogens (primary N) is 1. The Kier molecular flexibility index (Phi) is 4.57. The number of carbonyl (C=O) groups is 2. The van der Waals surface area contributed by atoms with E-state index in [4.69, 9.17) is 15.0 Å². The van der Waals surface area contributed by atoms with Gasteiger partial charge in [-0.3, -0.25) is 15.0 Å². The Morgan fingerprint density at radius 2 is 2.14 bits per heavy atom.